The number of hydrogen-bond donors (Lipinski definition) is 0. The van der Waals surface area contributed by atoms with Crippen molar-refractivity contribution in [3.05, 3.63) is 18.3 Å². The summed E-state index contributed by atoms with van der Waals surface area (Å²) in [5.74, 6) is 1.23. The van der Waals surface area contributed by atoms with E-state index in [-0.39, 0.29) is 0 Å². The van der Waals surface area contributed by atoms with Crippen molar-refractivity contribution in [1.29, 1.82) is 0 Å². The molecule has 2 aromatic rings. The molecule has 0 radical (unpaired) electrons. The lowest BCUT2D eigenvalue weighted by Gasteiger charge is -2.26. The fraction of sp³-hybridized carbons (Fsp3) is 0.588. The van der Waals surface area contributed by atoms with Gasteiger partial charge in [0.05, 0.1) is 25.3 Å². The van der Waals surface area contributed by atoms with Crippen LogP contribution in [0, 0.1) is 0 Å². The maximum atomic E-state index is 5.36. The first-order chi connectivity index (χ1) is 10.8. The Balaban J connectivity index is 1.68. The SMILES string of the molecule is COc1cc2c(ccn2CCCN2CCCCC2)nc1OC. The number of hydrogen-bond acceptors (Lipinski definition) is 4. The average Bonchev–Trinajstić information content (AvgIpc) is 2.96. The maximum Gasteiger partial charge on any atom is 0.257 e. The summed E-state index contributed by atoms with van der Waals surface area (Å²) in [7, 11) is 3.27. The average molecular weight is 303 g/mol. The summed E-state index contributed by atoms with van der Waals surface area (Å²) in [6.07, 6.45) is 7.37. The molecule has 3 rings (SSSR count). The molecule has 5 nitrogen and oxygen atoms in total. The van der Waals surface area contributed by atoms with Crippen LogP contribution in [0.25, 0.3) is 11.0 Å². The van der Waals surface area contributed by atoms with Crippen molar-refractivity contribution in [3.8, 4) is 11.6 Å². The molecule has 3 heterocycles. The minimum Gasteiger partial charge on any atom is -0.491 e. The van der Waals surface area contributed by atoms with Crippen molar-refractivity contribution < 1.29 is 9.47 Å². The maximum absolute atomic E-state index is 5.36. The van der Waals surface area contributed by atoms with E-state index < -0.39 is 0 Å². The summed E-state index contributed by atoms with van der Waals surface area (Å²) in [5.41, 5.74) is 2.06. The van der Waals surface area contributed by atoms with Crippen molar-refractivity contribution in [1.82, 2.24) is 14.5 Å². The van der Waals surface area contributed by atoms with Crippen LogP contribution in [0.15, 0.2) is 18.3 Å². The van der Waals surface area contributed by atoms with Gasteiger partial charge in [-0.05, 0) is 45.0 Å². The molecule has 1 aliphatic rings. The third-order valence-corrected chi connectivity index (χ3v) is 4.42. The third-order valence-electron chi connectivity index (χ3n) is 4.42. The highest BCUT2D eigenvalue weighted by Crippen LogP contribution is 2.29. The van der Waals surface area contributed by atoms with Crippen molar-refractivity contribution in [2.45, 2.75) is 32.2 Å². The summed E-state index contributed by atoms with van der Waals surface area (Å²) in [6.45, 7) is 4.72. The predicted octanol–water partition coefficient (Wildman–Crippen LogP) is 2.93. The number of aromatic nitrogens is 2. The quantitative estimate of drug-likeness (QED) is 0.822. The van der Waals surface area contributed by atoms with E-state index in [1.54, 1.807) is 14.2 Å². The van der Waals surface area contributed by atoms with Gasteiger partial charge in [-0.2, -0.15) is 0 Å². The molecule has 0 spiro atoms. The highest BCUT2D eigenvalue weighted by molar-refractivity contribution is 5.78. The van der Waals surface area contributed by atoms with Crippen LogP contribution in [0.3, 0.4) is 0 Å². The number of pyridine rings is 1. The van der Waals surface area contributed by atoms with Gasteiger partial charge >= 0.3 is 0 Å². The molecule has 1 fully saturated rings. The summed E-state index contributed by atoms with van der Waals surface area (Å²) in [5, 5.41) is 0. The number of fused-ring (bicyclic) bond motifs is 1. The molecule has 0 bridgehead atoms. The van der Waals surface area contributed by atoms with Gasteiger partial charge < -0.3 is 18.9 Å². The number of aryl methyl sites for hydroxylation is 1. The Hall–Kier alpha value is -1.75. The fourth-order valence-electron chi connectivity index (χ4n) is 3.21. The lowest BCUT2D eigenvalue weighted by molar-refractivity contribution is 0.223. The van der Waals surface area contributed by atoms with Gasteiger partial charge in [0.2, 0.25) is 0 Å². The number of methoxy groups -OCH3 is 2. The van der Waals surface area contributed by atoms with Gasteiger partial charge in [0.25, 0.3) is 5.88 Å². The molecule has 0 N–H and O–H groups in total. The lowest BCUT2D eigenvalue weighted by atomic mass is 10.1. The summed E-state index contributed by atoms with van der Waals surface area (Å²) in [4.78, 5) is 7.09. The van der Waals surface area contributed by atoms with Gasteiger partial charge in [-0.15, -0.1) is 0 Å². The second-order valence-electron chi connectivity index (χ2n) is 5.87. The van der Waals surface area contributed by atoms with Gasteiger partial charge in [-0.3, -0.25) is 0 Å². The molecule has 0 aliphatic carbocycles. The highest BCUT2D eigenvalue weighted by Gasteiger charge is 2.12. The van der Waals surface area contributed by atoms with Crippen LogP contribution in [0.4, 0.5) is 0 Å². The Kier molecular flexibility index (Phi) is 4.83. The summed E-state index contributed by atoms with van der Waals surface area (Å²) >= 11 is 0. The van der Waals surface area contributed by atoms with Gasteiger partial charge in [-0.25, -0.2) is 4.98 Å². The van der Waals surface area contributed by atoms with Crippen LogP contribution in [-0.4, -0.2) is 48.3 Å². The molecular formula is C17H25N3O2. The van der Waals surface area contributed by atoms with Crippen LogP contribution in [0.1, 0.15) is 25.7 Å². The number of rotatable bonds is 6. The van der Waals surface area contributed by atoms with Crippen LogP contribution < -0.4 is 9.47 Å². The number of likely N-dealkylation sites (tertiary alicyclic amines) is 1. The normalized spacial score (nSPS) is 16.1. The predicted molar refractivity (Wildman–Crippen MR) is 87.7 cm³/mol. The van der Waals surface area contributed by atoms with E-state index in [4.69, 9.17) is 9.47 Å². The zero-order valence-corrected chi connectivity index (χ0v) is 13.5. The minimum atomic E-state index is 0.543. The van der Waals surface area contributed by atoms with E-state index in [0.717, 1.165) is 24.0 Å². The van der Waals surface area contributed by atoms with E-state index in [1.165, 1.54) is 38.9 Å². The molecule has 0 amide bonds. The minimum absolute atomic E-state index is 0.543. The first-order valence-electron chi connectivity index (χ1n) is 8.12. The monoisotopic (exact) mass is 303 g/mol. The highest BCUT2D eigenvalue weighted by atomic mass is 16.5. The Morgan fingerprint density at radius 1 is 1.09 bits per heavy atom. The molecule has 0 aromatic carbocycles. The molecule has 0 unspecified atom stereocenters. The van der Waals surface area contributed by atoms with Gasteiger partial charge in [0.15, 0.2) is 5.75 Å². The molecule has 22 heavy (non-hydrogen) atoms. The molecule has 0 saturated carbocycles. The first kappa shape index (κ1) is 15.2. The van der Waals surface area contributed by atoms with Gasteiger partial charge in [-0.1, -0.05) is 6.42 Å². The molecule has 120 valence electrons. The number of nitrogens with zero attached hydrogens (tertiary/aromatic N) is 3. The summed E-state index contributed by atoms with van der Waals surface area (Å²) < 4.78 is 12.9. The van der Waals surface area contributed by atoms with Crippen LogP contribution >= 0.6 is 0 Å². The number of ether oxygens (including phenoxy) is 2. The van der Waals surface area contributed by atoms with E-state index in [9.17, 15) is 0 Å². The molecular weight excluding hydrogens is 278 g/mol. The number of piperidine rings is 1. The molecule has 0 atom stereocenters. The topological polar surface area (TPSA) is 39.5 Å². The van der Waals surface area contributed by atoms with Crippen molar-refractivity contribution in [2.75, 3.05) is 33.9 Å². The molecule has 5 heteroatoms. The Labute approximate surface area is 131 Å². The Morgan fingerprint density at radius 2 is 1.91 bits per heavy atom. The smallest absolute Gasteiger partial charge is 0.257 e. The Morgan fingerprint density at radius 3 is 2.64 bits per heavy atom. The summed E-state index contributed by atoms with van der Waals surface area (Å²) in [6, 6.07) is 4.06. The largest absolute Gasteiger partial charge is 0.491 e. The Bertz CT molecular complexity index is 618. The molecule has 2 aromatic heterocycles. The van der Waals surface area contributed by atoms with Crippen molar-refractivity contribution in [2.24, 2.45) is 0 Å². The lowest BCUT2D eigenvalue weighted by Crippen LogP contribution is -2.31. The first-order valence-corrected chi connectivity index (χ1v) is 8.12. The second kappa shape index (κ2) is 7.01. The van der Waals surface area contributed by atoms with Crippen LogP contribution in [0.5, 0.6) is 11.6 Å². The molecule has 1 saturated heterocycles. The van der Waals surface area contributed by atoms with E-state index in [0.29, 0.717) is 11.6 Å². The fourth-order valence-corrected chi connectivity index (χ4v) is 3.21. The standard InChI is InChI=1S/C17H25N3O2/c1-21-16-13-15-14(18-17(16)22-2)7-12-20(15)11-6-10-19-8-4-3-5-9-19/h7,12-13H,3-6,8-11H2,1-2H3. The van der Waals surface area contributed by atoms with Gasteiger partial charge in [0, 0.05) is 18.8 Å². The third kappa shape index (κ3) is 3.19. The van der Waals surface area contributed by atoms with E-state index >= 15 is 0 Å². The van der Waals surface area contributed by atoms with E-state index in [2.05, 4.69) is 20.6 Å². The molecule has 1 aliphatic heterocycles. The second-order valence-corrected chi connectivity index (χ2v) is 5.87. The zero-order chi connectivity index (χ0) is 15.4. The van der Waals surface area contributed by atoms with Crippen LogP contribution in [-0.2, 0) is 6.54 Å². The van der Waals surface area contributed by atoms with Crippen molar-refractivity contribution >= 4 is 11.0 Å². The van der Waals surface area contributed by atoms with Crippen molar-refractivity contribution in [3.63, 3.8) is 0 Å². The van der Waals surface area contributed by atoms with Crippen LogP contribution in [0.2, 0.25) is 0 Å². The van der Waals surface area contributed by atoms with E-state index in [1.807, 2.05) is 12.1 Å². The zero-order valence-electron chi connectivity index (χ0n) is 13.5. The van der Waals surface area contributed by atoms with Gasteiger partial charge in [0.1, 0.15) is 0 Å².